The first kappa shape index (κ1) is 17.4. The van der Waals surface area contributed by atoms with Crippen molar-refractivity contribution in [2.45, 2.75) is 5.03 Å². The summed E-state index contributed by atoms with van der Waals surface area (Å²) in [5.74, 6) is -0.892. The number of halogens is 1. The molecule has 1 aromatic carbocycles. The quantitative estimate of drug-likeness (QED) is 0.706. The molecule has 5 N–H and O–H groups in total. The number of pyridine rings is 1. The van der Waals surface area contributed by atoms with E-state index in [1.54, 1.807) is 0 Å². The molecule has 9 heteroatoms. The fourth-order valence-corrected chi connectivity index (χ4v) is 2.91. The van der Waals surface area contributed by atoms with E-state index in [9.17, 15) is 20.4 Å². The summed E-state index contributed by atoms with van der Waals surface area (Å²) in [6, 6.07) is 8.15. The topological polar surface area (TPSA) is 150 Å². The summed E-state index contributed by atoms with van der Waals surface area (Å²) < 4.78 is 0. The highest BCUT2D eigenvalue weighted by Crippen LogP contribution is 2.37. The maximum atomic E-state index is 11.0. The summed E-state index contributed by atoms with van der Waals surface area (Å²) in [6.07, 6.45) is 0. The van der Waals surface area contributed by atoms with Gasteiger partial charge in [0, 0.05) is 5.56 Å². The molecule has 0 unspecified atom stereocenters. The first-order valence-electron chi connectivity index (χ1n) is 6.42. The van der Waals surface area contributed by atoms with Crippen LogP contribution in [0.25, 0.3) is 11.1 Å². The average molecular weight is 360 g/mol. The number of primary amides is 1. The lowest BCUT2D eigenvalue weighted by Gasteiger charge is -2.13. The van der Waals surface area contributed by atoms with Crippen LogP contribution in [0.1, 0.15) is 11.1 Å². The standard InChI is InChI=1S/C15H10ClN5O2S/c16-10-3-7(1-2-11(10)22)13-8(4-17)14(20)21-15(9(13)5-18)24-6-12(19)23/h1-3,22H,6H2,(H2,19,23)(H2,20,21). The number of phenolic OH excluding ortho intramolecular Hbond substituents is 1. The molecule has 1 aromatic heterocycles. The number of nitrogen functional groups attached to an aromatic ring is 1. The Bertz CT molecular complexity index is 918. The van der Waals surface area contributed by atoms with Crippen molar-refractivity contribution in [2.24, 2.45) is 5.73 Å². The number of anilines is 1. The predicted octanol–water partition coefficient (Wildman–Crippen LogP) is 2.01. The SMILES string of the molecule is N#Cc1c(N)nc(SCC(N)=O)c(C#N)c1-c1ccc(O)c(Cl)c1. The van der Waals surface area contributed by atoms with Gasteiger partial charge >= 0.3 is 0 Å². The van der Waals surface area contributed by atoms with Gasteiger partial charge in [-0.25, -0.2) is 4.98 Å². The number of rotatable bonds is 4. The van der Waals surface area contributed by atoms with Crippen molar-refractivity contribution in [1.29, 1.82) is 10.5 Å². The Morgan fingerprint density at radius 2 is 2.00 bits per heavy atom. The van der Waals surface area contributed by atoms with Gasteiger partial charge in [0.25, 0.3) is 0 Å². The maximum absolute atomic E-state index is 11.0. The molecule has 7 nitrogen and oxygen atoms in total. The van der Waals surface area contributed by atoms with E-state index in [-0.39, 0.29) is 44.1 Å². The van der Waals surface area contributed by atoms with Gasteiger partial charge in [0.2, 0.25) is 5.91 Å². The van der Waals surface area contributed by atoms with Crippen molar-refractivity contribution in [2.75, 3.05) is 11.5 Å². The van der Waals surface area contributed by atoms with Gasteiger partial charge in [-0.15, -0.1) is 0 Å². The van der Waals surface area contributed by atoms with Crippen molar-refractivity contribution in [3.8, 4) is 29.0 Å². The summed E-state index contributed by atoms with van der Waals surface area (Å²) in [7, 11) is 0. The molecular weight excluding hydrogens is 350 g/mol. The fourth-order valence-electron chi connectivity index (χ4n) is 1.99. The number of hydrogen-bond donors (Lipinski definition) is 3. The third kappa shape index (κ3) is 3.35. The summed E-state index contributed by atoms with van der Waals surface area (Å²) in [5.41, 5.74) is 11.7. The first-order chi connectivity index (χ1) is 11.4. The highest BCUT2D eigenvalue weighted by Gasteiger charge is 2.21. The van der Waals surface area contributed by atoms with Crippen LogP contribution in [0, 0.1) is 22.7 Å². The molecule has 1 amide bonds. The van der Waals surface area contributed by atoms with Crippen LogP contribution in [0.2, 0.25) is 5.02 Å². The fraction of sp³-hybridized carbons (Fsp3) is 0.0667. The van der Waals surface area contributed by atoms with Gasteiger partial charge in [-0.1, -0.05) is 29.4 Å². The molecule has 2 aromatic rings. The number of nitriles is 2. The van der Waals surface area contributed by atoms with Crippen molar-refractivity contribution in [3.63, 3.8) is 0 Å². The number of nitrogens with two attached hydrogens (primary N) is 2. The van der Waals surface area contributed by atoms with Crippen LogP contribution < -0.4 is 11.5 Å². The summed E-state index contributed by atoms with van der Waals surface area (Å²) >= 11 is 6.86. The minimum absolute atomic E-state index is 0.0109. The summed E-state index contributed by atoms with van der Waals surface area (Å²) in [5, 5.41) is 28.7. The van der Waals surface area contributed by atoms with Crippen LogP contribution in [-0.2, 0) is 4.79 Å². The highest BCUT2D eigenvalue weighted by atomic mass is 35.5. The van der Waals surface area contributed by atoms with E-state index in [2.05, 4.69) is 4.98 Å². The van der Waals surface area contributed by atoms with Crippen LogP contribution in [0.4, 0.5) is 5.82 Å². The molecule has 0 fully saturated rings. The zero-order chi connectivity index (χ0) is 17.9. The van der Waals surface area contributed by atoms with Gasteiger partial charge in [0.15, 0.2) is 0 Å². The molecule has 0 saturated heterocycles. The molecule has 0 bridgehead atoms. The number of aromatic nitrogens is 1. The second kappa shape index (κ2) is 7.09. The third-order valence-corrected chi connectivity index (χ3v) is 4.30. The lowest BCUT2D eigenvalue weighted by Crippen LogP contribution is -2.14. The van der Waals surface area contributed by atoms with E-state index in [4.69, 9.17) is 23.1 Å². The van der Waals surface area contributed by atoms with Crippen molar-refractivity contribution >= 4 is 35.1 Å². The van der Waals surface area contributed by atoms with E-state index in [0.717, 1.165) is 11.8 Å². The van der Waals surface area contributed by atoms with Crippen molar-refractivity contribution in [1.82, 2.24) is 4.98 Å². The van der Waals surface area contributed by atoms with Crippen molar-refractivity contribution < 1.29 is 9.90 Å². The Morgan fingerprint density at radius 1 is 1.33 bits per heavy atom. The molecule has 0 radical (unpaired) electrons. The van der Waals surface area contributed by atoms with Crippen molar-refractivity contribution in [3.05, 3.63) is 34.3 Å². The summed E-state index contributed by atoms with van der Waals surface area (Å²) in [4.78, 5) is 15.0. The average Bonchev–Trinajstić information content (AvgIpc) is 2.54. The molecule has 0 atom stereocenters. The molecule has 2 rings (SSSR count). The maximum Gasteiger partial charge on any atom is 0.227 e. The molecule has 120 valence electrons. The number of phenols is 1. The number of carbonyl (C=O) groups is 1. The Kier molecular flexibility index (Phi) is 5.14. The molecule has 24 heavy (non-hydrogen) atoms. The van der Waals surface area contributed by atoms with E-state index >= 15 is 0 Å². The monoisotopic (exact) mass is 359 g/mol. The molecule has 0 spiro atoms. The zero-order valence-corrected chi connectivity index (χ0v) is 13.6. The Hall–Kier alpha value is -2.94. The molecule has 0 aliphatic carbocycles. The van der Waals surface area contributed by atoms with Crippen LogP contribution >= 0.6 is 23.4 Å². The first-order valence-corrected chi connectivity index (χ1v) is 7.79. The number of carbonyl (C=O) groups excluding carboxylic acids is 1. The number of hydrogen-bond acceptors (Lipinski definition) is 7. The van der Waals surface area contributed by atoms with Gasteiger partial charge in [0.1, 0.15) is 34.3 Å². The number of thioether (sulfide) groups is 1. The Morgan fingerprint density at radius 3 is 2.54 bits per heavy atom. The van der Waals surface area contributed by atoms with Gasteiger partial charge in [-0.2, -0.15) is 10.5 Å². The molecule has 0 aliphatic heterocycles. The highest BCUT2D eigenvalue weighted by molar-refractivity contribution is 8.00. The predicted molar refractivity (Wildman–Crippen MR) is 90.1 cm³/mol. The van der Waals surface area contributed by atoms with Gasteiger partial charge in [-0.3, -0.25) is 4.79 Å². The second-order valence-electron chi connectivity index (χ2n) is 4.57. The summed E-state index contributed by atoms with van der Waals surface area (Å²) in [6.45, 7) is 0. The smallest absolute Gasteiger partial charge is 0.227 e. The molecule has 0 saturated carbocycles. The van der Waals surface area contributed by atoms with Crippen LogP contribution in [0.3, 0.4) is 0 Å². The molecular formula is C15H10ClN5O2S. The largest absolute Gasteiger partial charge is 0.506 e. The minimum atomic E-state index is -0.581. The normalized spacial score (nSPS) is 9.96. The second-order valence-corrected chi connectivity index (χ2v) is 5.94. The van der Waals surface area contributed by atoms with Crippen LogP contribution in [-0.4, -0.2) is 21.8 Å². The number of benzene rings is 1. The van der Waals surface area contributed by atoms with Crippen LogP contribution in [0.15, 0.2) is 23.2 Å². The Balaban J connectivity index is 2.76. The number of aromatic hydroxyl groups is 1. The minimum Gasteiger partial charge on any atom is -0.506 e. The number of amides is 1. The van der Waals surface area contributed by atoms with Gasteiger partial charge < -0.3 is 16.6 Å². The van der Waals surface area contributed by atoms with Gasteiger partial charge in [-0.05, 0) is 17.7 Å². The van der Waals surface area contributed by atoms with E-state index in [1.807, 2.05) is 12.1 Å². The zero-order valence-electron chi connectivity index (χ0n) is 12.1. The van der Waals surface area contributed by atoms with E-state index < -0.39 is 5.91 Å². The van der Waals surface area contributed by atoms with Gasteiger partial charge in [0.05, 0.1) is 16.3 Å². The molecule has 1 heterocycles. The third-order valence-electron chi connectivity index (χ3n) is 3.00. The van der Waals surface area contributed by atoms with Crippen LogP contribution in [0.5, 0.6) is 5.75 Å². The Labute approximate surface area is 146 Å². The lowest BCUT2D eigenvalue weighted by atomic mass is 9.97. The lowest BCUT2D eigenvalue weighted by molar-refractivity contribution is -0.115. The molecule has 0 aliphatic rings. The number of nitrogens with zero attached hydrogens (tertiary/aromatic N) is 3. The van der Waals surface area contributed by atoms with E-state index in [0.29, 0.717) is 5.56 Å². The van der Waals surface area contributed by atoms with E-state index in [1.165, 1.54) is 18.2 Å².